The number of amides is 1. The van der Waals surface area contributed by atoms with Crippen molar-refractivity contribution in [2.24, 2.45) is 5.41 Å². The van der Waals surface area contributed by atoms with Gasteiger partial charge in [-0.25, -0.2) is 5.06 Å². The molecule has 1 fully saturated rings. The van der Waals surface area contributed by atoms with Crippen LogP contribution < -0.4 is 0 Å². The van der Waals surface area contributed by atoms with Crippen LogP contribution in [0.5, 0.6) is 0 Å². The summed E-state index contributed by atoms with van der Waals surface area (Å²) >= 11 is 11.8. The summed E-state index contributed by atoms with van der Waals surface area (Å²) in [6.45, 7) is 3.83. The molecule has 0 unspecified atom stereocenters. The second-order valence-corrected chi connectivity index (χ2v) is 5.97. The van der Waals surface area contributed by atoms with Crippen molar-refractivity contribution in [1.29, 1.82) is 0 Å². The number of hydrogen-bond donors (Lipinski definition) is 0. The number of hydrogen-bond acceptors (Lipinski definition) is 4. The lowest BCUT2D eigenvalue weighted by atomic mass is 9.95. The van der Waals surface area contributed by atoms with Gasteiger partial charge in [0.15, 0.2) is 0 Å². The molecular formula is C12H12Cl2N2O4. The van der Waals surface area contributed by atoms with Crippen molar-refractivity contribution in [2.75, 3.05) is 6.61 Å². The first-order valence-electron chi connectivity index (χ1n) is 5.79. The lowest BCUT2D eigenvalue weighted by molar-refractivity contribution is -0.384. The minimum absolute atomic E-state index is 0.0408. The first-order chi connectivity index (χ1) is 9.22. The van der Waals surface area contributed by atoms with Crippen LogP contribution in [0, 0.1) is 15.5 Å². The van der Waals surface area contributed by atoms with Crippen LogP contribution in [0.2, 0.25) is 10.0 Å². The van der Waals surface area contributed by atoms with Gasteiger partial charge in [-0.2, -0.15) is 0 Å². The number of benzene rings is 1. The number of carbonyl (C=O) groups excluding carboxylic acids is 1. The maximum Gasteiger partial charge on any atom is 0.288 e. The Morgan fingerprint density at radius 2 is 2.05 bits per heavy atom. The Bertz CT molecular complexity index is 589. The zero-order chi connectivity index (χ0) is 15.1. The van der Waals surface area contributed by atoms with Gasteiger partial charge in [-0.15, -0.1) is 0 Å². The van der Waals surface area contributed by atoms with Crippen LogP contribution in [0.3, 0.4) is 0 Å². The molecular weight excluding hydrogens is 307 g/mol. The lowest BCUT2D eigenvalue weighted by Gasteiger charge is -2.17. The predicted molar refractivity (Wildman–Crippen MR) is 73.4 cm³/mol. The van der Waals surface area contributed by atoms with E-state index in [-0.39, 0.29) is 34.8 Å². The summed E-state index contributed by atoms with van der Waals surface area (Å²) in [6, 6.07) is 2.55. The van der Waals surface area contributed by atoms with Crippen molar-refractivity contribution in [1.82, 2.24) is 5.06 Å². The van der Waals surface area contributed by atoms with Crippen LogP contribution in [0.25, 0.3) is 0 Å². The fourth-order valence-electron chi connectivity index (χ4n) is 1.81. The summed E-state index contributed by atoms with van der Waals surface area (Å²) in [5.74, 6) is -0.189. The molecule has 2 rings (SSSR count). The van der Waals surface area contributed by atoms with Crippen LogP contribution in [-0.2, 0) is 16.2 Å². The fourth-order valence-corrected chi connectivity index (χ4v) is 2.32. The normalized spacial score (nSPS) is 17.6. The topological polar surface area (TPSA) is 72.7 Å². The van der Waals surface area contributed by atoms with Crippen molar-refractivity contribution < 1.29 is 14.6 Å². The molecule has 0 bridgehead atoms. The van der Waals surface area contributed by atoms with E-state index in [4.69, 9.17) is 28.0 Å². The molecule has 1 aromatic carbocycles. The molecule has 1 aliphatic rings. The molecule has 1 saturated heterocycles. The van der Waals surface area contributed by atoms with Gasteiger partial charge in [-0.1, -0.05) is 23.2 Å². The quantitative estimate of drug-likeness (QED) is 0.633. The summed E-state index contributed by atoms with van der Waals surface area (Å²) in [4.78, 5) is 27.6. The maximum absolute atomic E-state index is 12.0. The number of nitro groups is 1. The minimum Gasteiger partial charge on any atom is -0.272 e. The van der Waals surface area contributed by atoms with Crippen LogP contribution in [-0.4, -0.2) is 22.5 Å². The average molecular weight is 319 g/mol. The Hall–Kier alpha value is -1.37. The zero-order valence-electron chi connectivity index (χ0n) is 10.9. The van der Waals surface area contributed by atoms with Gasteiger partial charge in [0.1, 0.15) is 5.02 Å². The van der Waals surface area contributed by atoms with Crippen LogP contribution in [0.15, 0.2) is 12.1 Å². The van der Waals surface area contributed by atoms with Gasteiger partial charge in [0.05, 0.1) is 23.5 Å². The Labute approximate surface area is 125 Å². The van der Waals surface area contributed by atoms with Gasteiger partial charge < -0.3 is 0 Å². The number of carbonyl (C=O) groups is 1. The van der Waals surface area contributed by atoms with Crippen LogP contribution >= 0.6 is 23.2 Å². The molecule has 8 heteroatoms. The zero-order valence-corrected chi connectivity index (χ0v) is 12.4. The summed E-state index contributed by atoms with van der Waals surface area (Å²) in [5, 5.41) is 12.2. The molecule has 0 atom stereocenters. The molecule has 0 aliphatic carbocycles. The molecule has 0 spiro atoms. The molecule has 0 radical (unpaired) electrons. The molecule has 1 aromatic rings. The third-order valence-electron chi connectivity index (χ3n) is 3.01. The highest BCUT2D eigenvalue weighted by molar-refractivity contribution is 6.36. The van der Waals surface area contributed by atoms with E-state index in [9.17, 15) is 14.9 Å². The first-order valence-corrected chi connectivity index (χ1v) is 6.55. The van der Waals surface area contributed by atoms with E-state index < -0.39 is 10.3 Å². The number of hydroxylamine groups is 2. The van der Waals surface area contributed by atoms with Crippen molar-refractivity contribution >= 4 is 34.8 Å². The van der Waals surface area contributed by atoms with Gasteiger partial charge in [0.25, 0.3) is 11.6 Å². The number of nitro benzene ring substituents is 1. The molecule has 0 saturated carbocycles. The highest BCUT2D eigenvalue weighted by Gasteiger charge is 2.40. The Morgan fingerprint density at radius 1 is 1.40 bits per heavy atom. The fraction of sp³-hybridized carbons (Fsp3) is 0.417. The Kier molecular flexibility index (Phi) is 3.90. The Morgan fingerprint density at radius 3 is 2.55 bits per heavy atom. The molecule has 6 nitrogen and oxygen atoms in total. The van der Waals surface area contributed by atoms with E-state index in [1.165, 1.54) is 17.2 Å². The van der Waals surface area contributed by atoms with Gasteiger partial charge in [-0.3, -0.25) is 19.7 Å². The summed E-state index contributed by atoms with van der Waals surface area (Å²) < 4.78 is 0. The molecule has 1 aliphatic heterocycles. The number of rotatable bonds is 3. The summed E-state index contributed by atoms with van der Waals surface area (Å²) in [7, 11) is 0. The second-order valence-electron chi connectivity index (χ2n) is 5.15. The molecule has 1 heterocycles. The Balaban J connectivity index is 2.29. The van der Waals surface area contributed by atoms with E-state index in [1.54, 1.807) is 13.8 Å². The highest BCUT2D eigenvalue weighted by Crippen LogP contribution is 2.34. The summed E-state index contributed by atoms with van der Waals surface area (Å²) in [5.41, 5.74) is -0.448. The van der Waals surface area contributed by atoms with Gasteiger partial charge in [-0.05, 0) is 25.5 Å². The van der Waals surface area contributed by atoms with Crippen molar-refractivity contribution in [3.8, 4) is 0 Å². The molecule has 1 amide bonds. The first kappa shape index (κ1) is 15.0. The molecule has 20 heavy (non-hydrogen) atoms. The van der Waals surface area contributed by atoms with Crippen molar-refractivity contribution in [3.05, 3.63) is 37.9 Å². The standard InChI is InChI=1S/C12H12Cl2N2O4/c1-12(2)6-20-15(11(12)17)5-7-3-10(16(18)19)9(14)4-8(7)13/h3-4H,5-6H2,1-2H3. The third-order valence-corrected chi connectivity index (χ3v) is 3.67. The third kappa shape index (κ3) is 2.72. The van der Waals surface area contributed by atoms with Gasteiger partial charge in [0, 0.05) is 11.1 Å². The smallest absolute Gasteiger partial charge is 0.272 e. The van der Waals surface area contributed by atoms with Gasteiger partial charge in [0.2, 0.25) is 0 Å². The SMILES string of the molecule is CC1(C)CON(Cc2cc([N+](=O)[O-])c(Cl)cc2Cl)C1=O. The van der Waals surface area contributed by atoms with E-state index in [0.717, 1.165) is 0 Å². The molecule has 0 N–H and O–H groups in total. The lowest BCUT2D eigenvalue weighted by Crippen LogP contribution is -2.30. The predicted octanol–water partition coefficient (Wildman–Crippen LogP) is 3.20. The highest BCUT2D eigenvalue weighted by atomic mass is 35.5. The molecule has 108 valence electrons. The summed E-state index contributed by atoms with van der Waals surface area (Å²) in [6.07, 6.45) is 0. The van der Waals surface area contributed by atoms with Crippen molar-refractivity contribution in [2.45, 2.75) is 20.4 Å². The number of halogens is 2. The van der Waals surface area contributed by atoms with E-state index in [1.807, 2.05) is 0 Å². The van der Waals surface area contributed by atoms with Crippen LogP contribution in [0.1, 0.15) is 19.4 Å². The van der Waals surface area contributed by atoms with Crippen LogP contribution in [0.4, 0.5) is 5.69 Å². The number of nitrogens with zero attached hydrogens (tertiary/aromatic N) is 2. The van der Waals surface area contributed by atoms with Crippen molar-refractivity contribution in [3.63, 3.8) is 0 Å². The maximum atomic E-state index is 12.0. The molecule has 0 aromatic heterocycles. The second kappa shape index (κ2) is 5.20. The monoisotopic (exact) mass is 318 g/mol. The van der Waals surface area contributed by atoms with E-state index >= 15 is 0 Å². The largest absolute Gasteiger partial charge is 0.288 e. The van der Waals surface area contributed by atoms with Gasteiger partial charge >= 0.3 is 0 Å². The van der Waals surface area contributed by atoms with E-state index in [0.29, 0.717) is 5.56 Å². The van der Waals surface area contributed by atoms with E-state index in [2.05, 4.69) is 0 Å². The minimum atomic E-state index is -0.606. The average Bonchev–Trinajstić information content (AvgIpc) is 2.59.